The zero-order chi connectivity index (χ0) is 13.4. The van der Waals surface area contributed by atoms with E-state index < -0.39 is 0 Å². The van der Waals surface area contributed by atoms with E-state index in [1.54, 1.807) is 17.7 Å². The summed E-state index contributed by atoms with van der Waals surface area (Å²) in [6.45, 7) is 6.18. The fourth-order valence-corrected chi connectivity index (χ4v) is 2.66. The van der Waals surface area contributed by atoms with Crippen LogP contribution in [-0.4, -0.2) is 15.0 Å². The molecule has 5 heteroatoms. The van der Waals surface area contributed by atoms with E-state index in [0.29, 0.717) is 0 Å². The molecule has 0 amide bonds. The minimum absolute atomic E-state index is 0.762. The van der Waals surface area contributed by atoms with Gasteiger partial charge in [-0.25, -0.2) is 15.0 Å². The second-order valence-corrected chi connectivity index (χ2v) is 5.71. The number of benzene rings is 1. The van der Waals surface area contributed by atoms with Gasteiger partial charge in [-0.1, -0.05) is 17.4 Å². The van der Waals surface area contributed by atoms with E-state index in [9.17, 15) is 0 Å². The molecule has 0 atom stereocenters. The average molecular weight is 270 g/mol. The Kier molecular flexibility index (Phi) is 2.91. The molecule has 3 rings (SSSR count). The summed E-state index contributed by atoms with van der Waals surface area (Å²) in [6.07, 6.45) is 1.57. The zero-order valence-corrected chi connectivity index (χ0v) is 11.9. The first-order chi connectivity index (χ1) is 9.13. The summed E-state index contributed by atoms with van der Waals surface area (Å²) in [4.78, 5) is 13.9. The Bertz CT molecular complexity index is 748. The fraction of sp³-hybridized carbons (Fsp3) is 0.214. The van der Waals surface area contributed by atoms with Crippen LogP contribution in [0.15, 0.2) is 24.5 Å². The number of aromatic nitrogens is 3. The normalized spacial score (nSPS) is 10.9. The Morgan fingerprint density at radius 1 is 1.05 bits per heavy atom. The summed E-state index contributed by atoms with van der Waals surface area (Å²) in [5, 5.41) is 4.32. The molecule has 19 heavy (non-hydrogen) atoms. The average Bonchev–Trinajstić information content (AvgIpc) is 2.75. The maximum absolute atomic E-state index is 4.48. The number of rotatable bonds is 2. The molecule has 0 radical (unpaired) electrons. The van der Waals surface area contributed by atoms with Gasteiger partial charge in [-0.2, -0.15) is 0 Å². The van der Waals surface area contributed by atoms with Crippen molar-refractivity contribution in [2.45, 2.75) is 20.8 Å². The minimum Gasteiger partial charge on any atom is -0.338 e. The molecule has 0 aliphatic carbocycles. The van der Waals surface area contributed by atoms with Crippen LogP contribution in [0.25, 0.3) is 10.3 Å². The Morgan fingerprint density at radius 2 is 1.89 bits per heavy atom. The number of fused-ring (bicyclic) bond motifs is 1. The molecule has 0 aliphatic heterocycles. The van der Waals surface area contributed by atoms with Crippen molar-refractivity contribution in [1.29, 1.82) is 0 Å². The van der Waals surface area contributed by atoms with Gasteiger partial charge in [-0.05, 0) is 44.0 Å². The van der Waals surface area contributed by atoms with Crippen molar-refractivity contribution in [3.8, 4) is 0 Å². The summed E-state index contributed by atoms with van der Waals surface area (Å²) >= 11 is 1.58. The molecule has 0 fully saturated rings. The summed E-state index contributed by atoms with van der Waals surface area (Å²) in [5.41, 5.74) is 4.39. The minimum atomic E-state index is 0.762. The molecule has 1 aromatic carbocycles. The SMILES string of the molecule is Cc1nc2c(Nc3ccc(C)c(C)c3)ncnc2s1. The Labute approximate surface area is 115 Å². The van der Waals surface area contributed by atoms with Crippen LogP contribution in [-0.2, 0) is 0 Å². The van der Waals surface area contributed by atoms with Crippen LogP contribution in [0.5, 0.6) is 0 Å². The van der Waals surface area contributed by atoms with Crippen molar-refractivity contribution in [1.82, 2.24) is 15.0 Å². The van der Waals surface area contributed by atoms with E-state index in [-0.39, 0.29) is 0 Å². The van der Waals surface area contributed by atoms with Gasteiger partial charge in [0.1, 0.15) is 16.7 Å². The lowest BCUT2D eigenvalue weighted by atomic mass is 10.1. The van der Waals surface area contributed by atoms with E-state index >= 15 is 0 Å². The predicted octanol–water partition coefficient (Wildman–Crippen LogP) is 3.76. The van der Waals surface area contributed by atoms with Crippen molar-refractivity contribution < 1.29 is 0 Å². The van der Waals surface area contributed by atoms with E-state index in [1.165, 1.54) is 11.1 Å². The van der Waals surface area contributed by atoms with Crippen molar-refractivity contribution in [3.05, 3.63) is 40.7 Å². The van der Waals surface area contributed by atoms with Gasteiger partial charge in [-0.15, -0.1) is 0 Å². The molecule has 0 spiro atoms. The Balaban J connectivity index is 2.02. The van der Waals surface area contributed by atoms with Crippen molar-refractivity contribution >= 4 is 33.2 Å². The number of aryl methyl sites for hydroxylation is 3. The maximum Gasteiger partial charge on any atom is 0.161 e. The first-order valence-corrected chi connectivity index (χ1v) is 6.87. The standard InChI is InChI=1S/C14H14N4S/c1-8-4-5-11(6-9(8)2)18-13-12-14(16-7-15-13)19-10(3)17-12/h4-7H,1-3H3,(H,15,16,18). The predicted molar refractivity (Wildman–Crippen MR) is 79.1 cm³/mol. The lowest BCUT2D eigenvalue weighted by molar-refractivity contribution is 1.21. The Hall–Kier alpha value is -2.01. The van der Waals surface area contributed by atoms with Gasteiger partial charge in [0.15, 0.2) is 5.82 Å². The number of hydrogen-bond acceptors (Lipinski definition) is 5. The van der Waals surface area contributed by atoms with E-state index in [4.69, 9.17) is 0 Å². The van der Waals surface area contributed by atoms with Crippen molar-refractivity contribution in [3.63, 3.8) is 0 Å². The molecule has 0 saturated carbocycles. The van der Waals surface area contributed by atoms with Crippen LogP contribution in [0.1, 0.15) is 16.1 Å². The number of thiazole rings is 1. The highest BCUT2D eigenvalue weighted by Gasteiger charge is 2.08. The lowest BCUT2D eigenvalue weighted by Gasteiger charge is -2.08. The molecule has 2 heterocycles. The molecule has 0 unspecified atom stereocenters. The third-order valence-electron chi connectivity index (χ3n) is 3.07. The number of nitrogens with zero attached hydrogens (tertiary/aromatic N) is 3. The van der Waals surface area contributed by atoms with Crippen molar-refractivity contribution in [2.24, 2.45) is 0 Å². The highest BCUT2D eigenvalue weighted by Crippen LogP contribution is 2.26. The molecule has 1 N–H and O–H groups in total. The number of nitrogens with one attached hydrogen (secondary N) is 1. The second kappa shape index (κ2) is 4.59. The number of hydrogen-bond donors (Lipinski definition) is 1. The first kappa shape index (κ1) is 12.0. The van der Waals surface area contributed by atoms with Crippen LogP contribution in [0.4, 0.5) is 11.5 Å². The lowest BCUT2D eigenvalue weighted by Crippen LogP contribution is -1.96. The molecule has 96 valence electrons. The molecule has 0 bridgehead atoms. The topological polar surface area (TPSA) is 50.7 Å². The summed E-state index contributed by atoms with van der Waals surface area (Å²) in [7, 11) is 0. The molecule has 4 nitrogen and oxygen atoms in total. The molecule has 2 aromatic heterocycles. The van der Waals surface area contributed by atoms with Crippen LogP contribution < -0.4 is 5.32 Å². The third kappa shape index (κ3) is 2.29. The largest absolute Gasteiger partial charge is 0.338 e. The van der Waals surface area contributed by atoms with E-state index in [0.717, 1.165) is 26.9 Å². The molecule has 0 saturated heterocycles. The van der Waals surface area contributed by atoms with Crippen LogP contribution in [0.3, 0.4) is 0 Å². The smallest absolute Gasteiger partial charge is 0.161 e. The maximum atomic E-state index is 4.48. The molecule has 0 aliphatic rings. The molecular weight excluding hydrogens is 256 g/mol. The highest BCUT2D eigenvalue weighted by molar-refractivity contribution is 7.18. The van der Waals surface area contributed by atoms with Crippen molar-refractivity contribution in [2.75, 3.05) is 5.32 Å². The summed E-state index contributed by atoms with van der Waals surface area (Å²) in [6, 6.07) is 6.26. The summed E-state index contributed by atoms with van der Waals surface area (Å²) < 4.78 is 0. The van der Waals surface area contributed by atoms with Crippen LogP contribution in [0, 0.1) is 20.8 Å². The summed E-state index contributed by atoms with van der Waals surface area (Å²) in [5.74, 6) is 0.762. The third-order valence-corrected chi connectivity index (χ3v) is 3.95. The quantitative estimate of drug-likeness (QED) is 0.770. The molecule has 3 aromatic rings. The first-order valence-electron chi connectivity index (χ1n) is 6.06. The van der Waals surface area contributed by atoms with Crippen LogP contribution in [0.2, 0.25) is 0 Å². The van der Waals surface area contributed by atoms with E-state index in [1.807, 2.05) is 6.92 Å². The Morgan fingerprint density at radius 3 is 2.68 bits per heavy atom. The monoisotopic (exact) mass is 270 g/mol. The highest BCUT2D eigenvalue weighted by atomic mass is 32.1. The second-order valence-electron chi connectivity index (χ2n) is 4.53. The van der Waals surface area contributed by atoms with Gasteiger partial charge in [0.2, 0.25) is 0 Å². The van der Waals surface area contributed by atoms with Gasteiger partial charge in [0.25, 0.3) is 0 Å². The fourth-order valence-electron chi connectivity index (χ4n) is 1.91. The zero-order valence-electron chi connectivity index (χ0n) is 11.1. The number of anilines is 2. The van der Waals surface area contributed by atoms with Gasteiger partial charge in [0, 0.05) is 5.69 Å². The van der Waals surface area contributed by atoms with Crippen LogP contribution >= 0.6 is 11.3 Å². The van der Waals surface area contributed by atoms with Gasteiger partial charge >= 0.3 is 0 Å². The van der Waals surface area contributed by atoms with Gasteiger partial charge in [0.05, 0.1) is 5.01 Å². The van der Waals surface area contributed by atoms with E-state index in [2.05, 4.69) is 52.3 Å². The van der Waals surface area contributed by atoms with Gasteiger partial charge < -0.3 is 5.32 Å². The van der Waals surface area contributed by atoms with Gasteiger partial charge in [-0.3, -0.25) is 0 Å². The molecular formula is C14H14N4S.